The van der Waals surface area contributed by atoms with E-state index in [2.05, 4.69) is 10.6 Å². The molecule has 1 aromatic heterocycles. The van der Waals surface area contributed by atoms with Crippen molar-refractivity contribution in [3.8, 4) is 0 Å². The molecule has 3 N–H and O–H groups in total. The Morgan fingerprint density at radius 1 is 0.821 bits per heavy atom. The number of thiophene rings is 1. The van der Waals surface area contributed by atoms with E-state index in [0.717, 1.165) is 72.1 Å². The van der Waals surface area contributed by atoms with Gasteiger partial charge in [0.15, 0.2) is 0 Å². The number of esters is 1. The van der Waals surface area contributed by atoms with E-state index in [0.29, 0.717) is 40.2 Å². The zero-order chi connectivity index (χ0) is 40.4. The molecule has 4 aromatic rings. The van der Waals surface area contributed by atoms with Crippen LogP contribution < -0.4 is 10.6 Å². The fourth-order valence-electron chi connectivity index (χ4n) is 7.15. The molecule has 0 bridgehead atoms. The summed E-state index contributed by atoms with van der Waals surface area (Å²) in [6, 6.07) is 22.3. The summed E-state index contributed by atoms with van der Waals surface area (Å²) in [7, 11) is 1.37. The molecule has 3 aromatic carbocycles. The molecule has 1 aliphatic rings. The average molecular weight is 780 g/mol. The third-order valence-corrected chi connectivity index (χ3v) is 11.8. The summed E-state index contributed by atoms with van der Waals surface area (Å²) in [5, 5.41) is 16.3. The Morgan fingerprint density at radius 2 is 1.46 bits per heavy atom. The lowest BCUT2D eigenvalue weighted by Gasteiger charge is -2.33. The Hall–Kier alpha value is -5.29. The number of nitrogens with zero attached hydrogens (tertiary/aromatic N) is 1. The molecule has 296 valence electrons. The minimum atomic E-state index is -1.21. The van der Waals surface area contributed by atoms with E-state index in [1.165, 1.54) is 18.4 Å². The highest BCUT2D eigenvalue weighted by molar-refractivity contribution is 7.17. The van der Waals surface area contributed by atoms with Crippen LogP contribution in [0.5, 0.6) is 0 Å². The molecule has 0 spiro atoms. The normalized spacial score (nSPS) is 12.5. The van der Waals surface area contributed by atoms with Crippen LogP contribution in [0.4, 0.5) is 10.7 Å². The van der Waals surface area contributed by atoms with Gasteiger partial charge in [0.25, 0.3) is 11.8 Å². The molecule has 3 amide bonds. The average Bonchev–Trinajstić information content (AvgIpc) is 3.56. The van der Waals surface area contributed by atoms with Crippen LogP contribution in [0.1, 0.15) is 124 Å². The van der Waals surface area contributed by atoms with Crippen LogP contribution in [0.2, 0.25) is 0 Å². The number of carbonyl (C=O) groups excluding carboxylic acids is 4. The molecule has 0 radical (unpaired) electrons. The Kier molecular flexibility index (Phi) is 14.2. The summed E-state index contributed by atoms with van der Waals surface area (Å²) in [6.07, 6.45) is 7.57. The van der Waals surface area contributed by atoms with Gasteiger partial charge in [-0.15, -0.1) is 11.3 Å². The molecular weight excluding hydrogens is 727 g/mol. The van der Waals surface area contributed by atoms with Crippen LogP contribution >= 0.6 is 11.3 Å². The first-order chi connectivity index (χ1) is 26.8. The monoisotopic (exact) mass is 779 g/mol. The molecule has 0 saturated heterocycles. The maximum atomic E-state index is 13.9. The van der Waals surface area contributed by atoms with Crippen molar-refractivity contribution in [3.05, 3.63) is 117 Å². The molecule has 1 aliphatic carbocycles. The van der Waals surface area contributed by atoms with E-state index in [1.54, 1.807) is 49.1 Å². The molecule has 0 atom stereocenters. The molecule has 10 nitrogen and oxygen atoms in total. The topological polar surface area (TPSA) is 142 Å². The molecular formula is C45H53N3O7S. The third-order valence-electron chi connectivity index (χ3n) is 10.6. The Labute approximate surface area is 333 Å². The number of rotatable bonds is 17. The maximum Gasteiger partial charge on any atom is 0.337 e. The van der Waals surface area contributed by atoms with Gasteiger partial charge < -0.3 is 25.4 Å². The van der Waals surface area contributed by atoms with Gasteiger partial charge in [0, 0.05) is 35.1 Å². The van der Waals surface area contributed by atoms with Crippen molar-refractivity contribution in [3.63, 3.8) is 0 Å². The van der Waals surface area contributed by atoms with E-state index in [-0.39, 0.29) is 42.7 Å². The van der Waals surface area contributed by atoms with E-state index in [9.17, 15) is 29.1 Å². The lowest BCUT2D eigenvalue weighted by Crippen LogP contribution is -2.42. The number of ether oxygens (including phenoxy) is 1. The lowest BCUT2D eigenvalue weighted by atomic mass is 9.88. The van der Waals surface area contributed by atoms with E-state index >= 15 is 0 Å². The highest BCUT2D eigenvalue weighted by atomic mass is 32.1. The van der Waals surface area contributed by atoms with Crippen molar-refractivity contribution in [1.82, 2.24) is 4.90 Å². The summed E-state index contributed by atoms with van der Waals surface area (Å²) >= 11 is 1.46. The zero-order valence-corrected chi connectivity index (χ0v) is 33.9. The molecule has 11 heteroatoms. The second-order valence-electron chi connectivity index (χ2n) is 15.1. The number of anilines is 2. The second kappa shape index (κ2) is 19.0. The van der Waals surface area contributed by atoms with Gasteiger partial charge >= 0.3 is 11.9 Å². The molecule has 0 unspecified atom stereocenters. The fourth-order valence-corrected chi connectivity index (χ4v) is 8.43. The molecule has 0 fully saturated rings. The van der Waals surface area contributed by atoms with Gasteiger partial charge in [-0.05, 0) is 130 Å². The number of fused-ring (bicyclic) bond motifs is 1. The SMILES string of the molecule is CCC(CC)N(Cc1cccc(C(=O)Nc2sc3c(c2C(=O)Nc2ccc(CCCc4ccc(C(=O)OC)cc4)cc2)CCCC3)c1)C(=O)CC(C)(C)C(=O)O. The summed E-state index contributed by atoms with van der Waals surface area (Å²) < 4.78 is 4.77. The second-order valence-corrected chi connectivity index (χ2v) is 16.2. The summed E-state index contributed by atoms with van der Waals surface area (Å²) in [6.45, 7) is 7.36. The van der Waals surface area contributed by atoms with Crippen LogP contribution in [0, 0.1) is 5.41 Å². The predicted octanol–water partition coefficient (Wildman–Crippen LogP) is 9.11. The highest BCUT2D eigenvalue weighted by Gasteiger charge is 2.34. The predicted molar refractivity (Wildman–Crippen MR) is 221 cm³/mol. The number of methoxy groups -OCH3 is 1. The summed E-state index contributed by atoms with van der Waals surface area (Å²) in [5.41, 5.74) is 4.93. The number of hydrogen-bond acceptors (Lipinski definition) is 7. The van der Waals surface area contributed by atoms with Crippen LogP contribution in [0.25, 0.3) is 0 Å². The third kappa shape index (κ3) is 10.5. The fraction of sp³-hybridized carbons (Fsp3) is 0.400. The van der Waals surface area contributed by atoms with Crippen molar-refractivity contribution in [1.29, 1.82) is 0 Å². The summed E-state index contributed by atoms with van der Waals surface area (Å²) in [4.78, 5) is 67.6. The lowest BCUT2D eigenvalue weighted by molar-refractivity contribution is -0.152. The first kappa shape index (κ1) is 41.9. The Bertz CT molecular complexity index is 2030. The minimum absolute atomic E-state index is 0.0793. The molecule has 56 heavy (non-hydrogen) atoms. The van der Waals surface area contributed by atoms with Crippen molar-refractivity contribution in [2.24, 2.45) is 5.41 Å². The smallest absolute Gasteiger partial charge is 0.337 e. The number of nitrogens with one attached hydrogen (secondary N) is 2. The maximum absolute atomic E-state index is 13.9. The van der Waals surface area contributed by atoms with Crippen LogP contribution in [0.15, 0.2) is 72.8 Å². The number of carboxylic acid groups (broad SMARTS) is 1. The number of carbonyl (C=O) groups is 5. The number of benzene rings is 3. The van der Waals surface area contributed by atoms with E-state index in [1.807, 2.05) is 56.3 Å². The summed E-state index contributed by atoms with van der Waals surface area (Å²) in [5.74, 6) is -2.23. The standard InChI is InChI=1S/C45H53N3O7S/c1-6-35(7-2)48(38(49)27-45(3,4)44(53)54)28-31-14-11-15-33(26-31)40(50)47-42-39(36-16-8-9-17-37(36)56-42)41(51)46-34-24-20-30(21-25-34)13-10-12-29-18-22-32(23-19-29)43(52)55-5/h11,14-15,18-26,35H,6-10,12-13,16-17,27-28H2,1-5H3,(H,46,51)(H,47,50)(H,53,54). The largest absolute Gasteiger partial charge is 0.481 e. The van der Waals surface area contributed by atoms with Gasteiger partial charge in [0.05, 0.1) is 23.7 Å². The van der Waals surface area contributed by atoms with Crippen molar-refractivity contribution in [2.75, 3.05) is 17.7 Å². The van der Waals surface area contributed by atoms with Gasteiger partial charge in [-0.25, -0.2) is 4.79 Å². The quantitative estimate of drug-likeness (QED) is 0.0908. The van der Waals surface area contributed by atoms with Crippen molar-refractivity contribution < 1.29 is 33.8 Å². The van der Waals surface area contributed by atoms with Crippen molar-refractivity contribution >= 4 is 51.7 Å². The first-order valence-corrected chi connectivity index (χ1v) is 20.3. The van der Waals surface area contributed by atoms with Gasteiger partial charge in [0.1, 0.15) is 5.00 Å². The number of aryl methyl sites for hydroxylation is 3. The van der Waals surface area contributed by atoms with E-state index < -0.39 is 11.4 Å². The highest BCUT2D eigenvalue weighted by Crippen LogP contribution is 2.39. The van der Waals surface area contributed by atoms with E-state index in [4.69, 9.17) is 4.74 Å². The van der Waals surface area contributed by atoms with Gasteiger partial charge in [-0.1, -0.05) is 50.2 Å². The first-order valence-electron chi connectivity index (χ1n) is 19.5. The number of aliphatic carboxylic acids is 1. The van der Waals surface area contributed by atoms with Crippen molar-refractivity contribution in [2.45, 2.75) is 104 Å². The van der Waals surface area contributed by atoms with Crippen LogP contribution in [0.3, 0.4) is 0 Å². The number of amides is 3. The number of hydrogen-bond donors (Lipinski definition) is 3. The molecule has 0 aliphatic heterocycles. The van der Waals surface area contributed by atoms with Gasteiger partial charge in [-0.2, -0.15) is 0 Å². The molecule has 0 saturated carbocycles. The Balaban J connectivity index is 1.26. The number of carboxylic acids is 1. The minimum Gasteiger partial charge on any atom is -0.481 e. The van der Waals surface area contributed by atoms with Gasteiger partial charge in [0.2, 0.25) is 5.91 Å². The Morgan fingerprint density at radius 3 is 2.09 bits per heavy atom. The molecule has 5 rings (SSSR count). The zero-order valence-electron chi connectivity index (χ0n) is 33.0. The van der Waals surface area contributed by atoms with Crippen LogP contribution in [-0.4, -0.2) is 52.8 Å². The van der Waals surface area contributed by atoms with Gasteiger partial charge in [-0.3, -0.25) is 19.2 Å². The molecule has 1 heterocycles. The van der Waals surface area contributed by atoms with Crippen LogP contribution in [-0.2, 0) is 46.6 Å².